The van der Waals surface area contributed by atoms with Gasteiger partial charge < -0.3 is 14.8 Å². The number of amides is 1. The molecule has 0 bridgehead atoms. The fourth-order valence-electron chi connectivity index (χ4n) is 2.52. The highest BCUT2D eigenvalue weighted by molar-refractivity contribution is 5.94. The summed E-state index contributed by atoms with van der Waals surface area (Å²) in [5.41, 5.74) is 2.99. The number of nitrogens with zero attached hydrogens (tertiary/aromatic N) is 1. The molecule has 1 unspecified atom stereocenters. The van der Waals surface area contributed by atoms with Gasteiger partial charge in [-0.15, -0.1) is 0 Å². The van der Waals surface area contributed by atoms with Crippen LogP contribution in [0, 0.1) is 18.3 Å². The van der Waals surface area contributed by atoms with Gasteiger partial charge in [-0.3, -0.25) is 4.79 Å². The third-order valence-corrected chi connectivity index (χ3v) is 3.86. The largest absolute Gasteiger partial charge is 0.493 e. The van der Waals surface area contributed by atoms with Gasteiger partial charge in [-0.25, -0.2) is 0 Å². The highest BCUT2D eigenvalue weighted by Gasteiger charge is 2.16. The molecule has 5 nitrogen and oxygen atoms in total. The predicted octanol–water partition coefficient (Wildman–Crippen LogP) is 3.37. The van der Waals surface area contributed by atoms with E-state index in [1.54, 1.807) is 38.5 Å². The minimum atomic E-state index is -0.201. The van der Waals surface area contributed by atoms with Crippen molar-refractivity contribution < 1.29 is 14.3 Å². The number of aryl methyl sites for hydroxylation is 1. The minimum Gasteiger partial charge on any atom is -0.493 e. The second-order valence-electron chi connectivity index (χ2n) is 5.45. The number of hydrogen-bond acceptors (Lipinski definition) is 4. The van der Waals surface area contributed by atoms with Crippen molar-refractivity contribution in [2.45, 2.75) is 19.9 Å². The molecule has 0 saturated carbocycles. The predicted molar refractivity (Wildman–Crippen MR) is 91.3 cm³/mol. The Balaban J connectivity index is 2.21. The molecule has 2 aromatic carbocycles. The topological polar surface area (TPSA) is 71.3 Å². The van der Waals surface area contributed by atoms with Crippen molar-refractivity contribution in [2.24, 2.45) is 0 Å². The van der Waals surface area contributed by atoms with Gasteiger partial charge in [-0.05, 0) is 61.4 Å². The van der Waals surface area contributed by atoms with Crippen molar-refractivity contribution >= 4 is 5.91 Å². The zero-order valence-electron chi connectivity index (χ0n) is 14.2. The molecule has 2 rings (SSSR count). The Morgan fingerprint density at radius 1 is 1.12 bits per heavy atom. The van der Waals surface area contributed by atoms with E-state index in [9.17, 15) is 4.79 Å². The van der Waals surface area contributed by atoms with Crippen LogP contribution in [0.4, 0.5) is 0 Å². The summed E-state index contributed by atoms with van der Waals surface area (Å²) < 4.78 is 10.6. The molecule has 0 spiro atoms. The second-order valence-corrected chi connectivity index (χ2v) is 5.45. The fraction of sp³-hybridized carbons (Fsp3) is 0.263. The molecule has 24 heavy (non-hydrogen) atoms. The van der Waals surface area contributed by atoms with Gasteiger partial charge in [0.2, 0.25) is 0 Å². The molecule has 2 aromatic rings. The van der Waals surface area contributed by atoms with Crippen molar-refractivity contribution in [1.82, 2.24) is 5.32 Å². The molecule has 0 aliphatic rings. The lowest BCUT2D eigenvalue weighted by Crippen LogP contribution is -2.27. The Bertz CT molecular complexity index is 776. The van der Waals surface area contributed by atoms with E-state index < -0.39 is 0 Å². The Morgan fingerprint density at radius 3 is 2.25 bits per heavy atom. The summed E-state index contributed by atoms with van der Waals surface area (Å²) >= 11 is 0. The van der Waals surface area contributed by atoms with Crippen LogP contribution in [-0.4, -0.2) is 20.1 Å². The summed E-state index contributed by atoms with van der Waals surface area (Å²) in [4.78, 5) is 12.4. The third-order valence-electron chi connectivity index (χ3n) is 3.86. The van der Waals surface area contributed by atoms with E-state index in [4.69, 9.17) is 14.7 Å². The monoisotopic (exact) mass is 324 g/mol. The first kappa shape index (κ1) is 17.4. The second kappa shape index (κ2) is 7.51. The van der Waals surface area contributed by atoms with Crippen LogP contribution in [0.2, 0.25) is 0 Å². The number of methoxy groups -OCH3 is 2. The summed E-state index contributed by atoms with van der Waals surface area (Å²) in [5.74, 6) is 1.09. The maximum Gasteiger partial charge on any atom is 0.251 e. The van der Waals surface area contributed by atoms with Crippen molar-refractivity contribution in [3.8, 4) is 17.6 Å². The average molecular weight is 324 g/mol. The van der Waals surface area contributed by atoms with E-state index in [0.29, 0.717) is 22.6 Å². The Labute approximate surface area is 141 Å². The number of nitrogens with one attached hydrogen (secondary N) is 1. The average Bonchev–Trinajstić information content (AvgIpc) is 2.61. The summed E-state index contributed by atoms with van der Waals surface area (Å²) in [6.07, 6.45) is 0. The van der Waals surface area contributed by atoms with Crippen LogP contribution in [0.3, 0.4) is 0 Å². The zero-order chi connectivity index (χ0) is 17.7. The van der Waals surface area contributed by atoms with Crippen LogP contribution in [0.15, 0.2) is 36.4 Å². The van der Waals surface area contributed by atoms with Gasteiger partial charge >= 0.3 is 0 Å². The van der Waals surface area contributed by atoms with Gasteiger partial charge in [-0.2, -0.15) is 5.26 Å². The lowest BCUT2D eigenvalue weighted by Gasteiger charge is -2.19. The smallest absolute Gasteiger partial charge is 0.251 e. The number of hydrogen-bond donors (Lipinski definition) is 1. The molecule has 5 heteroatoms. The van der Waals surface area contributed by atoms with Crippen molar-refractivity contribution in [3.63, 3.8) is 0 Å². The standard InChI is InChI=1S/C19H20N2O3/c1-12-9-17(23-3)18(24-4)10-16(12)13(2)21-19(22)15-7-5-14(11-20)6-8-15/h5-10,13H,1-4H3,(H,21,22). The zero-order valence-corrected chi connectivity index (χ0v) is 14.2. The first-order valence-electron chi connectivity index (χ1n) is 7.53. The molecule has 0 aliphatic carbocycles. The molecule has 1 amide bonds. The molecule has 1 atom stereocenters. The van der Waals surface area contributed by atoms with E-state index in [1.807, 2.05) is 32.0 Å². The van der Waals surface area contributed by atoms with Crippen molar-refractivity contribution in [2.75, 3.05) is 14.2 Å². The van der Waals surface area contributed by atoms with Crippen LogP contribution >= 0.6 is 0 Å². The molecule has 0 radical (unpaired) electrons. The Kier molecular flexibility index (Phi) is 5.43. The van der Waals surface area contributed by atoms with Gasteiger partial charge in [0.1, 0.15) is 0 Å². The van der Waals surface area contributed by atoms with Gasteiger partial charge in [0.25, 0.3) is 5.91 Å². The summed E-state index contributed by atoms with van der Waals surface area (Å²) in [6, 6.07) is 12.1. The molecular formula is C19H20N2O3. The molecule has 1 N–H and O–H groups in total. The highest BCUT2D eigenvalue weighted by Crippen LogP contribution is 2.32. The number of nitriles is 1. The summed E-state index contributed by atoms with van der Waals surface area (Å²) in [7, 11) is 3.17. The normalized spacial score (nSPS) is 11.3. The van der Waals surface area contributed by atoms with Crippen molar-refractivity contribution in [3.05, 3.63) is 58.7 Å². The molecule has 0 heterocycles. The lowest BCUT2D eigenvalue weighted by molar-refractivity contribution is 0.0939. The first-order valence-corrected chi connectivity index (χ1v) is 7.53. The Morgan fingerprint density at radius 2 is 1.71 bits per heavy atom. The van der Waals surface area contributed by atoms with E-state index in [2.05, 4.69) is 5.32 Å². The molecule has 0 aliphatic heterocycles. The molecular weight excluding hydrogens is 304 g/mol. The van der Waals surface area contributed by atoms with Crippen LogP contribution in [0.1, 0.15) is 40.0 Å². The maximum atomic E-state index is 12.4. The number of carbonyl (C=O) groups excluding carboxylic acids is 1. The van der Waals surface area contributed by atoms with E-state index in [0.717, 1.165) is 11.1 Å². The van der Waals surface area contributed by atoms with Gasteiger partial charge in [0.15, 0.2) is 11.5 Å². The van der Waals surface area contributed by atoms with Crippen LogP contribution in [-0.2, 0) is 0 Å². The van der Waals surface area contributed by atoms with Crippen LogP contribution in [0.5, 0.6) is 11.5 Å². The van der Waals surface area contributed by atoms with Gasteiger partial charge in [0.05, 0.1) is 31.9 Å². The number of benzene rings is 2. The number of carbonyl (C=O) groups is 1. The SMILES string of the molecule is COc1cc(C)c(C(C)NC(=O)c2ccc(C#N)cc2)cc1OC. The van der Waals surface area contributed by atoms with Crippen molar-refractivity contribution in [1.29, 1.82) is 5.26 Å². The lowest BCUT2D eigenvalue weighted by atomic mass is 10.0. The fourth-order valence-corrected chi connectivity index (χ4v) is 2.52. The molecule has 0 aromatic heterocycles. The van der Waals surface area contributed by atoms with Crippen LogP contribution in [0.25, 0.3) is 0 Å². The summed E-state index contributed by atoms with van der Waals surface area (Å²) in [5, 5.41) is 11.8. The highest BCUT2D eigenvalue weighted by atomic mass is 16.5. The van der Waals surface area contributed by atoms with Crippen LogP contribution < -0.4 is 14.8 Å². The number of rotatable bonds is 5. The first-order chi connectivity index (χ1) is 11.5. The number of ether oxygens (including phenoxy) is 2. The third kappa shape index (κ3) is 3.66. The molecule has 124 valence electrons. The molecule has 0 fully saturated rings. The van der Waals surface area contributed by atoms with E-state index >= 15 is 0 Å². The van der Waals surface area contributed by atoms with E-state index in [-0.39, 0.29) is 11.9 Å². The maximum absolute atomic E-state index is 12.4. The Hall–Kier alpha value is -3.00. The minimum absolute atomic E-state index is 0.193. The quantitative estimate of drug-likeness (QED) is 0.915. The van der Waals surface area contributed by atoms with Gasteiger partial charge in [0, 0.05) is 5.56 Å². The summed E-state index contributed by atoms with van der Waals surface area (Å²) in [6.45, 7) is 3.87. The van der Waals surface area contributed by atoms with Gasteiger partial charge in [-0.1, -0.05) is 0 Å². The molecule has 0 saturated heterocycles. The van der Waals surface area contributed by atoms with E-state index in [1.165, 1.54) is 0 Å².